The normalized spacial score (nSPS) is 12.8. The van der Waals surface area contributed by atoms with Gasteiger partial charge in [-0.3, -0.25) is 4.57 Å². The van der Waals surface area contributed by atoms with Crippen LogP contribution in [0.2, 0.25) is 0 Å². The molecule has 3 rings (SSSR count). The SMILES string of the molecule is CCc1nnc2n1-c1ccc(N)cc1NC2. The largest absolute Gasteiger partial charge is 0.399 e. The van der Waals surface area contributed by atoms with Crippen molar-refractivity contribution in [3.8, 4) is 5.69 Å². The first-order chi connectivity index (χ1) is 7.79. The van der Waals surface area contributed by atoms with Gasteiger partial charge in [0.15, 0.2) is 5.82 Å². The third-order valence-corrected chi connectivity index (χ3v) is 2.81. The highest BCUT2D eigenvalue weighted by Crippen LogP contribution is 2.29. The van der Waals surface area contributed by atoms with Crippen molar-refractivity contribution in [1.82, 2.24) is 14.8 Å². The highest BCUT2D eigenvalue weighted by Gasteiger charge is 2.19. The Morgan fingerprint density at radius 3 is 3.12 bits per heavy atom. The second-order valence-corrected chi connectivity index (χ2v) is 3.85. The maximum atomic E-state index is 5.77. The first-order valence-corrected chi connectivity index (χ1v) is 5.36. The fraction of sp³-hybridized carbons (Fsp3) is 0.273. The highest BCUT2D eigenvalue weighted by atomic mass is 15.3. The van der Waals surface area contributed by atoms with E-state index in [1.807, 2.05) is 18.2 Å². The van der Waals surface area contributed by atoms with Crippen molar-refractivity contribution in [2.75, 3.05) is 11.1 Å². The molecule has 0 fully saturated rings. The molecule has 0 bridgehead atoms. The van der Waals surface area contributed by atoms with Crippen LogP contribution in [0, 0.1) is 0 Å². The molecule has 2 aromatic rings. The number of fused-ring (bicyclic) bond motifs is 3. The molecule has 1 aliphatic rings. The van der Waals surface area contributed by atoms with Gasteiger partial charge in [-0.25, -0.2) is 0 Å². The molecule has 1 aromatic heterocycles. The van der Waals surface area contributed by atoms with Gasteiger partial charge in [0.2, 0.25) is 0 Å². The van der Waals surface area contributed by atoms with Crippen molar-refractivity contribution >= 4 is 11.4 Å². The molecule has 0 atom stereocenters. The number of nitrogens with zero attached hydrogens (tertiary/aromatic N) is 3. The average Bonchev–Trinajstić information content (AvgIpc) is 2.71. The average molecular weight is 215 g/mol. The van der Waals surface area contributed by atoms with Gasteiger partial charge in [0.25, 0.3) is 0 Å². The van der Waals surface area contributed by atoms with Gasteiger partial charge in [0, 0.05) is 12.1 Å². The first-order valence-electron chi connectivity index (χ1n) is 5.36. The van der Waals surface area contributed by atoms with Crippen molar-refractivity contribution in [3.63, 3.8) is 0 Å². The van der Waals surface area contributed by atoms with Crippen molar-refractivity contribution in [1.29, 1.82) is 0 Å². The van der Waals surface area contributed by atoms with E-state index in [1.165, 1.54) is 0 Å². The number of nitrogens with two attached hydrogens (primary N) is 1. The molecule has 16 heavy (non-hydrogen) atoms. The van der Waals surface area contributed by atoms with Crippen LogP contribution >= 0.6 is 0 Å². The lowest BCUT2D eigenvalue weighted by molar-refractivity contribution is 0.825. The van der Waals surface area contributed by atoms with E-state index in [4.69, 9.17) is 5.73 Å². The number of benzene rings is 1. The van der Waals surface area contributed by atoms with E-state index in [2.05, 4.69) is 27.0 Å². The molecule has 0 aliphatic carbocycles. The van der Waals surface area contributed by atoms with Gasteiger partial charge >= 0.3 is 0 Å². The van der Waals surface area contributed by atoms with Crippen LogP contribution in [-0.2, 0) is 13.0 Å². The van der Waals surface area contributed by atoms with Crippen LogP contribution < -0.4 is 11.1 Å². The molecule has 0 saturated carbocycles. The molecule has 0 spiro atoms. The quantitative estimate of drug-likeness (QED) is 0.704. The molecule has 0 radical (unpaired) electrons. The van der Waals surface area contributed by atoms with Crippen molar-refractivity contribution in [3.05, 3.63) is 29.8 Å². The number of nitrogen functional groups attached to an aromatic ring is 1. The lowest BCUT2D eigenvalue weighted by Gasteiger charge is -2.21. The maximum absolute atomic E-state index is 5.77. The van der Waals surface area contributed by atoms with Gasteiger partial charge in [-0.05, 0) is 18.2 Å². The summed E-state index contributed by atoms with van der Waals surface area (Å²) in [5, 5.41) is 11.6. The van der Waals surface area contributed by atoms with Gasteiger partial charge in [-0.2, -0.15) is 0 Å². The molecule has 1 aliphatic heterocycles. The monoisotopic (exact) mass is 215 g/mol. The van der Waals surface area contributed by atoms with E-state index < -0.39 is 0 Å². The molecule has 5 nitrogen and oxygen atoms in total. The molecule has 82 valence electrons. The number of aryl methyl sites for hydroxylation is 1. The molecule has 3 N–H and O–H groups in total. The molecule has 5 heteroatoms. The standard InChI is InChI=1S/C11H13N5/c1-2-10-14-15-11-6-13-8-5-7(12)3-4-9(8)16(10)11/h3-5,13H,2,6,12H2,1H3. The van der Waals surface area contributed by atoms with E-state index in [0.717, 1.165) is 35.1 Å². The Balaban J connectivity index is 2.24. The van der Waals surface area contributed by atoms with Gasteiger partial charge in [0.05, 0.1) is 17.9 Å². The molecule has 1 aromatic carbocycles. The minimum absolute atomic E-state index is 0.698. The minimum Gasteiger partial charge on any atom is -0.399 e. The fourth-order valence-electron chi connectivity index (χ4n) is 2.04. The van der Waals surface area contributed by atoms with E-state index in [9.17, 15) is 0 Å². The summed E-state index contributed by atoms with van der Waals surface area (Å²) in [6, 6.07) is 5.84. The highest BCUT2D eigenvalue weighted by molar-refractivity contribution is 5.69. The molecule has 0 unspecified atom stereocenters. The van der Waals surface area contributed by atoms with Crippen LogP contribution in [-0.4, -0.2) is 14.8 Å². The van der Waals surface area contributed by atoms with Crippen LogP contribution in [0.4, 0.5) is 11.4 Å². The molecular formula is C11H13N5. The summed E-state index contributed by atoms with van der Waals surface area (Å²) in [7, 11) is 0. The van der Waals surface area contributed by atoms with E-state index >= 15 is 0 Å². The van der Waals surface area contributed by atoms with Crippen molar-refractivity contribution in [2.45, 2.75) is 19.9 Å². The number of rotatable bonds is 1. The summed E-state index contributed by atoms with van der Waals surface area (Å²) < 4.78 is 2.10. The van der Waals surface area contributed by atoms with Crippen molar-refractivity contribution in [2.24, 2.45) is 0 Å². The number of hydrogen-bond acceptors (Lipinski definition) is 4. The number of nitrogens with one attached hydrogen (secondary N) is 1. The zero-order valence-corrected chi connectivity index (χ0v) is 9.07. The van der Waals surface area contributed by atoms with Crippen molar-refractivity contribution < 1.29 is 0 Å². The summed E-state index contributed by atoms with van der Waals surface area (Å²) in [6.45, 7) is 2.78. The number of hydrogen-bond donors (Lipinski definition) is 2. The molecule has 0 saturated heterocycles. The second-order valence-electron chi connectivity index (χ2n) is 3.85. The molecule has 0 amide bonds. The Kier molecular flexibility index (Phi) is 1.86. The smallest absolute Gasteiger partial charge is 0.157 e. The lowest BCUT2D eigenvalue weighted by Crippen LogP contribution is -2.17. The van der Waals surface area contributed by atoms with E-state index in [-0.39, 0.29) is 0 Å². The molecule has 2 heterocycles. The second kappa shape index (κ2) is 3.23. The van der Waals surface area contributed by atoms with Crippen LogP contribution in [0.1, 0.15) is 18.6 Å². The predicted octanol–water partition coefficient (Wildman–Crippen LogP) is 1.34. The van der Waals surface area contributed by atoms with Gasteiger partial charge in [-0.15, -0.1) is 10.2 Å². The van der Waals surface area contributed by atoms with Gasteiger partial charge in [0.1, 0.15) is 5.82 Å². The Hall–Kier alpha value is -2.04. The lowest BCUT2D eigenvalue weighted by atomic mass is 10.2. The summed E-state index contributed by atoms with van der Waals surface area (Å²) in [4.78, 5) is 0. The van der Waals surface area contributed by atoms with Crippen LogP contribution in [0.15, 0.2) is 18.2 Å². The van der Waals surface area contributed by atoms with Gasteiger partial charge < -0.3 is 11.1 Å². The molecular weight excluding hydrogens is 202 g/mol. The Morgan fingerprint density at radius 1 is 1.44 bits per heavy atom. The van der Waals surface area contributed by atoms with E-state index in [1.54, 1.807) is 0 Å². The third-order valence-electron chi connectivity index (χ3n) is 2.81. The summed E-state index contributed by atoms with van der Waals surface area (Å²) in [5.74, 6) is 1.94. The minimum atomic E-state index is 0.698. The zero-order valence-electron chi connectivity index (χ0n) is 9.07. The van der Waals surface area contributed by atoms with E-state index in [0.29, 0.717) is 6.54 Å². The summed E-state index contributed by atoms with van der Waals surface area (Å²) >= 11 is 0. The first kappa shape index (κ1) is 9.21. The Morgan fingerprint density at radius 2 is 2.31 bits per heavy atom. The fourth-order valence-corrected chi connectivity index (χ4v) is 2.04. The zero-order chi connectivity index (χ0) is 11.1. The van der Waals surface area contributed by atoms with Crippen LogP contribution in [0.25, 0.3) is 5.69 Å². The van der Waals surface area contributed by atoms with Crippen LogP contribution in [0.3, 0.4) is 0 Å². The topological polar surface area (TPSA) is 68.8 Å². The van der Waals surface area contributed by atoms with Gasteiger partial charge in [-0.1, -0.05) is 6.92 Å². The number of aromatic nitrogens is 3. The summed E-state index contributed by atoms with van der Waals surface area (Å²) in [5.41, 5.74) is 8.66. The Bertz CT molecular complexity index is 530. The summed E-state index contributed by atoms with van der Waals surface area (Å²) in [6.07, 6.45) is 0.872. The number of anilines is 2. The van der Waals surface area contributed by atoms with Crippen LogP contribution in [0.5, 0.6) is 0 Å². The maximum Gasteiger partial charge on any atom is 0.157 e. The predicted molar refractivity (Wildman–Crippen MR) is 62.5 cm³/mol. The Labute approximate surface area is 93.3 Å². The third kappa shape index (κ3) is 1.18.